The van der Waals surface area contributed by atoms with Gasteiger partial charge >= 0.3 is 0 Å². The molecule has 0 aliphatic carbocycles. The summed E-state index contributed by atoms with van der Waals surface area (Å²) in [4.78, 5) is 4.62. The fraction of sp³-hybridized carbons (Fsp3) is 0.875. The first-order chi connectivity index (χ1) is 12.6. The van der Waals surface area contributed by atoms with Gasteiger partial charge in [-0.1, -0.05) is 89.7 Å². The van der Waals surface area contributed by atoms with E-state index in [1.807, 2.05) is 0 Å². The molecule has 0 radical (unpaired) electrons. The van der Waals surface area contributed by atoms with E-state index < -0.39 is 0 Å². The molecule has 0 aromatic rings. The zero-order valence-electron chi connectivity index (χ0n) is 18.0. The SMILES string of the molecule is CCCC/C=C/CCCCCCCCCCCCCC1=NC(C)(C)CO1. The highest BCUT2D eigenvalue weighted by Crippen LogP contribution is 2.20. The summed E-state index contributed by atoms with van der Waals surface area (Å²) in [5, 5.41) is 0. The van der Waals surface area contributed by atoms with E-state index in [1.54, 1.807) is 0 Å². The lowest BCUT2D eigenvalue weighted by Gasteiger charge is -2.07. The summed E-state index contributed by atoms with van der Waals surface area (Å²) in [6.45, 7) is 7.31. The highest BCUT2D eigenvalue weighted by Gasteiger charge is 2.25. The van der Waals surface area contributed by atoms with E-state index in [1.165, 1.54) is 96.3 Å². The third-order valence-corrected chi connectivity index (χ3v) is 5.17. The van der Waals surface area contributed by atoms with E-state index in [4.69, 9.17) is 4.74 Å². The van der Waals surface area contributed by atoms with E-state index in [0.29, 0.717) is 0 Å². The van der Waals surface area contributed by atoms with E-state index in [-0.39, 0.29) is 5.54 Å². The lowest BCUT2D eigenvalue weighted by atomic mass is 10.0. The van der Waals surface area contributed by atoms with Crippen molar-refractivity contribution < 1.29 is 4.74 Å². The lowest BCUT2D eigenvalue weighted by molar-refractivity contribution is 0.273. The summed E-state index contributed by atoms with van der Waals surface area (Å²) in [6, 6.07) is 0. The molecule has 2 heteroatoms. The number of aliphatic imine (C=N–C) groups is 1. The van der Waals surface area contributed by atoms with Crippen LogP contribution in [0.1, 0.15) is 124 Å². The molecule has 0 fully saturated rings. The average Bonchev–Trinajstić information content (AvgIpc) is 2.96. The van der Waals surface area contributed by atoms with Crippen molar-refractivity contribution in [1.29, 1.82) is 0 Å². The molecule has 2 nitrogen and oxygen atoms in total. The van der Waals surface area contributed by atoms with Crippen LogP contribution < -0.4 is 0 Å². The molecule has 152 valence electrons. The summed E-state index contributed by atoms with van der Waals surface area (Å²) in [5.41, 5.74) is 0.0146. The van der Waals surface area contributed by atoms with Crippen LogP contribution in [-0.2, 0) is 4.74 Å². The smallest absolute Gasteiger partial charge is 0.183 e. The molecular weight excluding hydrogens is 318 g/mol. The summed E-state index contributed by atoms with van der Waals surface area (Å²) in [5.74, 6) is 0.992. The zero-order valence-corrected chi connectivity index (χ0v) is 18.0. The first kappa shape index (κ1) is 23.2. The summed E-state index contributed by atoms with van der Waals surface area (Å²) < 4.78 is 5.64. The van der Waals surface area contributed by atoms with Gasteiger partial charge in [0.2, 0.25) is 0 Å². The minimum Gasteiger partial charge on any atom is -0.478 e. The van der Waals surface area contributed by atoms with Gasteiger partial charge in [-0.05, 0) is 39.5 Å². The average molecular weight is 364 g/mol. The maximum Gasteiger partial charge on any atom is 0.183 e. The fourth-order valence-corrected chi connectivity index (χ4v) is 3.48. The van der Waals surface area contributed by atoms with Gasteiger partial charge in [0, 0.05) is 6.42 Å². The second kappa shape index (κ2) is 15.3. The Morgan fingerprint density at radius 3 is 1.77 bits per heavy atom. The van der Waals surface area contributed by atoms with Gasteiger partial charge in [-0.25, -0.2) is 4.99 Å². The molecule has 0 atom stereocenters. The predicted molar refractivity (Wildman–Crippen MR) is 116 cm³/mol. The fourth-order valence-electron chi connectivity index (χ4n) is 3.48. The van der Waals surface area contributed by atoms with Crippen LogP contribution in [-0.4, -0.2) is 18.0 Å². The number of hydrogen-bond donors (Lipinski definition) is 0. The van der Waals surface area contributed by atoms with Gasteiger partial charge < -0.3 is 4.74 Å². The standard InChI is InChI=1S/C24H45NO/c1-4-5-6-7-8-9-10-11-12-13-14-15-16-17-18-19-20-21-23-25-24(2,3)22-26-23/h7-8H,4-6,9-22H2,1-3H3/b8-7+. The maximum atomic E-state index is 5.64. The Morgan fingerprint density at radius 1 is 0.769 bits per heavy atom. The molecule has 0 amide bonds. The van der Waals surface area contributed by atoms with Crippen molar-refractivity contribution >= 4 is 5.90 Å². The van der Waals surface area contributed by atoms with E-state index in [9.17, 15) is 0 Å². The van der Waals surface area contributed by atoms with Gasteiger partial charge in [-0.15, -0.1) is 0 Å². The van der Waals surface area contributed by atoms with Crippen molar-refractivity contribution in [1.82, 2.24) is 0 Å². The number of ether oxygens (including phenoxy) is 1. The Morgan fingerprint density at radius 2 is 1.27 bits per heavy atom. The van der Waals surface area contributed by atoms with Crippen molar-refractivity contribution in [3.05, 3.63) is 12.2 Å². The molecule has 0 saturated heterocycles. The topological polar surface area (TPSA) is 21.6 Å². The van der Waals surface area contributed by atoms with E-state index in [0.717, 1.165) is 18.9 Å². The normalized spacial score (nSPS) is 16.2. The van der Waals surface area contributed by atoms with Gasteiger partial charge in [0.1, 0.15) is 6.61 Å². The summed E-state index contributed by atoms with van der Waals surface area (Å²) >= 11 is 0. The molecule has 0 aromatic carbocycles. The molecule has 26 heavy (non-hydrogen) atoms. The number of hydrogen-bond acceptors (Lipinski definition) is 2. The highest BCUT2D eigenvalue weighted by molar-refractivity contribution is 5.78. The lowest BCUT2D eigenvalue weighted by Crippen LogP contribution is -2.17. The molecule has 1 rings (SSSR count). The Balaban J connectivity index is 1.74. The van der Waals surface area contributed by atoms with Crippen LogP contribution in [0.4, 0.5) is 0 Å². The first-order valence-corrected chi connectivity index (χ1v) is 11.5. The number of rotatable bonds is 17. The van der Waals surface area contributed by atoms with Crippen molar-refractivity contribution in [2.24, 2.45) is 4.99 Å². The number of unbranched alkanes of at least 4 members (excludes halogenated alkanes) is 13. The highest BCUT2D eigenvalue weighted by atomic mass is 16.5. The van der Waals surface area contributed by atoms with Gasteiger partial charge in [0.05, 0.1) is 5.54 Å². The van der Waals surface area contributed by atoms with Gasteiger partial charge in [0.25, 0.3) is 0 Å². The van der Waals surface area contributed by atoms with E-state index in [2.05, 4.69) is 37.9 Å². The van der Waals surface area contributed by atoms with Crippen LogP contribution in [0, 0.1) is 0 Å². The third kappa shape index (κ3) is 13.4. The largest absolute Gasteiger partial charge is 0.478 e. The van der Waals surface area contributed by atoms with Crippen molar-refractivity contribution in [3.63, 3.8) is 0 Å². The maximum absolute atomic E-state index is 5.64. The monoisotopic (exact) mass is 363 g/mol. The van der Waals surface area contributed by atoms with Crippen molar-refractivity contribution in [2.45, 2.75) is 129 Å². The Labute approximate surface area is 163 Å². The molecule has 0 aromatic heterocycles. The molecule has 1 aliphatic rings. The molecule has 1 aliphatic heterocycles. The van der Waals surface area contributed by atoms with Crippen molar-refractivity contribution in [3.8, 4) is 0 Å². The van der Waals surface area contributed by atoms with Gasteiger partial charge in [-0.2, -0.15) is 0 Å². The molecule has 0 bridgehead atoms. The summed E-state index contributed by atoms with van der Waals surface area (Å²) in [6.07, 6.45) is 26.3. The Hall–Kier alpha value is -0.790. The Bertz CT molecular complexity index is 384. The second-order valence-electron chi connectivity index (χ2n) is 8.65. The number of nitrogens with zero attached hydrogens (tertiary/aromatic N) is 1. The molecule has 0 spiro atoms. The van der Waals surface area contributed by atoms with Crippen LogP contribution in [0.25, 0.3) is 0 Å². The third-order valence-electron chi connectivity index (χ3n) is 5.17. The van der Waals surface area contributed by atoms with Crippen LogP contribution in [0.3, 0.4) is 0 Å². The second-order valence-corrected chi connectivity index (χ2v) is 8.65. The van der Waals surface area contributed by atoms with Crippen molar-refractivity contribution in [2.75, 3.05) is 6.61 Å². The van der Waals surface area contributed by atoms with Gasteiger partial charge in [-0.3, -0.25) is 0 Å². The van der Waals surface area contributed by atoms with Crippen LogP contribution in [0.15, 0.2) is 17.1 Å². The van der Waals surface area contributed by atoms with Crippen LogP contribution >= 0.6 is 0 Å². The first-order valence-electron chi connectivity index (χ1n) is 11.5. The Kier molecular flexibility index (Phi) is 13.7. The van der Waals surface area contributed by atoms with Gasteiger partial charge in [0.15, 0.2) is 5.90 Å². The molecule has 0 unspecified atom stereocenters. The molecule has 1 heterocycles. The molecule has 0 N–H and O–H groups in total. The number of allylic oxidation sites excluding steroid dienone is 2. The minimum atomic E-state index is 0.0146. The predicted octanol–water partition coefficient (Wildman–Crippen LogP) is 8.01. The summed E-state index contributed by atoms with van der Waals surface area (Å²) in [7, 11) is 0. The zero-order chi connectivity index (χ0) is 18.9. The molecular formula is C24H45NO. The minimum absolute atomic E-state index is 0.0146. The van der Waals surface area contributed by atoms with Crippen LogP contribution in [0.2, 0.25) is 0 Å². The quantitative estimate of drug-likeness (QED) is 0.189. The van der Waals surface area contributed by atoms with Crippen LogP contribution in [0.5, 0.6) is 0 Å². The van der Waals surface area contributed by atoms with E-state index >= 15 is 0 Å². The molecule has 0 saturated carbocycles.